The number of carbonyl (C=O) groups is 1. The molecule has 0 saturated heterocycles. The number of ether oxygens (including phenoxy) is 2. The summed E-state index contributed by atoms with van der Waals surface area (Å²) in [6.45, 7) is 1.41. The Hall–Kier alpha value is -4.55. The van der Waals surface area contributed by atoms with Crippen LogP contribution in [0.1, 0.15) is 12.5 Å². The van der Waals surface area contributed by atoms with Crippen molar-refractivity contribution < 1.29 is 23.6 Å². The van der Waals surface area contributed by atoms with Gasteiger partial charge in [-0.15, -0.1) is 0 Å². The molecule has 202 valence electrons. The van der Waals surface area contributed by atoms with Gasteiger partial charge in [-0.25, -0.2) is 9.78 Å². The normalized spacial score (nSPS) is 12.2. The second kappa shape index (κ2) is 10.9. The zero-order valence-corrected chi connectivity index (χ0v) is 23.2. The lowest BCUT2D eigenvalue weighted by Gasteiger charge is -2.14. The third-order valence-corrected chi connectivity index (χ3v) is 6.67. The van der Waals surface area contributed by atoms with Crippen LogP contribution in [0.5, 0.6) is 5.75 Å². The lowest BCUT2D eigenvalue weighted by Crippen LogP contribution is -2.25. The SMILES string of the molecule is COC(=O)[C@H](C)Oc1c(Br)cc(C=Nn2c(-c3cc4cc(Cl)ccc4o3)nc3ccccc3c2=O)cc1[N+](=O)[O-]. The predicted octanol–water partition coefficient (Wildman–Crippen LogP) is 5.96. The van der Waals surface area contributed by atoms with Gasteiger partial charge in [-0.05, 0) is 65.3 Å². The van der Waals surface area contributed by atoms with Gasteiger partial charge < -0.3 is 13.9 Å². The van der Waals surface area contributed by atoms with Crippen LogP contribution in [-0.4, -0.2) is 40.0 Å². The maximum atomic E-state index is 13.5. The third kappa shape index (κ3) is 5.18. The van der Waals surface area contributed by atoms with E-state index in [-0.39, 0.29) is 27.4 Å². The highest BCUT2D eigenvalue weighted by molar-refractivity contribution is 9.10. The number of para-hydroxylation sites is 1. The van der Waals surface area contributed by atoms with Crippen molar-refractivity contribution in [3.8, 4) is 17.3 Å². The van der Waals surface area contributed by atoms with Crippen LogP contribution >= 0.6 is 27.5 Å². The molecule has 2 heterocycles. The molecule has 11 nitrogen and oxygen atoms in total. The van der Waals surface area contributed by atoms with E-state index < -0.39 is 28.2 Å². The molecular formula is C27H18BrClN4O7. The van der Waals surface area contributed by atoms with Crippen LogP contribution in [0.4, 0.5) is 5.69 Å². The number of nitro groups is 1. The number of hydrogen-bond donors (Lipinski definition) is 0. The number of nitrogens with zero attached hydrogens (tertiary/aromatic N) is 4. The first-order valence-electron chi connectivity index (χ1n) is 11.6. The van der Waals surface area contributed by atoms with E-state index in [1.807, 2.05) is 0 Å². The highest BCUT2D eigenvalue weighted by atomic mass is 79.9. The van der Waals surface area contributed by atoms with Crippen LogP contribution in [0.3, 0.4) is 0 Å². The molecule has 2 aromatic heterocycles. The van der Waals surface area contributed by atoms with Crippen molar-refractivity contribution in [2.24, 2.45) is 5.10 Å². The molecule has 0 spiro atoms. The molecule has 0 aliphatic carbocycles. The highest BCUT2D eigenvalue weighted by Gasteiger charge is 2.25. The molecule has 0 unspecified atom stereocenters. The number of fused-ring (bicyclic) bond motifs is 2. The smallest absolute Gasteiger partial charge is 0.346 e. The average Bonchev–Trinajstić information content (AvgIpc) is 3.36. The number of furan rings is 1. The van der Waals surface area contributed by atoms with E-state index in [0.717, 1.165) is 4.68 Å². The van der Waals surface area contributed by atoms with E-state index >= 15 is 0 Å². The number of methoxy groups -OCH3 is 1. The molecular weight excluding hydrogens is 608 g/mol. The lowest BCUT2D eigenvalue weighted by atomic mass is 10.2. The molecule has 0 radical (unpaired) electrons. The van der Waals surface area contributed by atoms with E-state index in [2.05, 4.69) is 30.8 Å². The summed E-state index contributed by atoms with van der Waals surface area (Å²) < 4.78 is 17.3. The fourth-order valence-corrected chi connectivity index (χ4v) is 4.70. The number of esters is 1. The topological polar surface area (TPSA) is 139 Å². The van der Waals surface area contributed by atoms with Gasteiger partial charge in [-0.2, -0.15) is 9.78 Å². The van der Waals surface area contributed by atoms with Gasteiger partial charge in [0.05, 0.1) is 33.6 Å². The van der Waals surface area contributed by atoms with Crippen molar-refractivity contribution in [2.75, 3.05) is 7.11 Å². The van der Waals surface area contributed by atoms with E-state index in [1.165, 1.54) is 32.4 Å². The van der Waals surface area contributed by atoms with Gasteiger partial charge in [0.25, 0.3) is 5.56 Å². The summed E-state index contributed by atoms with van der Waals surface area (Å²) in [4.78, 5) is 41.0. The minimum Gasteiger partial charge on any atom is -0.471 e. The van der Waals surface area contributed by atoms with Gasteiger partial charge in [0.2, 0.25) is 11.6 Å². The van der Waals surface area contributed by atoms with Gasteiger partial charge in [-0.3, -0.25) is 14.9 Å². The summed E-state index contributed by atoms with van der Waals surface area (Å²) in [5.74, 6) is -0.473. The number of aromatic nitrogens is 2. The monoisotopic (exact) mass is 624 g/mol. The van der Waals surface area contributed by atoms with Crippen molar-refractivity contribution in [1.82, 2.24) is 9.66 Å². The Morgan fingerprint density at radius 3 is 2.75 bits per heavy atom. The second-order valence-corrected chi connectivity index (χ2v) is 9.79. The second-order valence-electron chi connectivity index (χ2n) is 8.50. The third-order valence-electron chi connectivity index (χ3n) is 5.85. The number of nitro benzene ring substituents is 1. The zero-order valence-electron chi connectivity index (χ0n) is 20.8. The van der Waals surface area contributed by atoms with Crippen LogP contribution in [0.2, 0.25) is 5.02 Å². The van der Waals surface area contributed by atoms with Crippen LogP contribution < -0.4 is 10.3 Å². The molecule has 1 atom stereocenters. The molecule has 0 bridgehead atoms. The number of hydrogen-bond acceptors (Lipinski definition) is 9. The summed E-state index contributed by atoms with van der Waals surface area (Å²) in [5.41, 5.74) is 0.334. The molecule has 0 aliphatic rings. The maximum absolute atomic E-state index is 13.5. The molecule has 0 amide bonds. The quantitative estimate of drug-likeness (QED) is 0.0935. The molecule has 40 heavy (non-hydrogen) atoms. The van der Waals surface area contributed by atoms with Crippen molar-refractivity contribution in [1.29, 1.82) is 0 Å². The Labute approximate surface area is 238 Å². The Balaban J connectivity index is 1.63. The van der Waals surface area contributed by atoms with Crippen molar-refractivity contribution in [3.63, 3.8) is 0 Å². The van der Waals surface area contributed by atoms with Crippen LogP contribution in [0.15, 0.2) is 79.4 Å². The van der Waals surface area contributed by atoms with Gasteiger partial charge in [0.15, 0.2) is 11.9 Å². The zero-order chi connectivity index (χ0) is 28.6. The Morgan fingerprint density at radius 2 is 2.00 bits per heavy atom. The first-order chi connectivity index (χ1) is 19.2. The fourth-order valence-electron chi connectivity index (χ4n) is 3.96. The van der Waals surface area contributed by atoms with Crippen LogP contribution in [0, 0.1) is 10.1 Å². The minimum absolute atomic E-state index is 0.118. The number of benzene rings is 3. The minimum atomic E-state index is -1.09. The predicted molar refractivity (Wildman–Crippen MR) is 152 cm³/mol. The summed E-state index contributed by atoms with van der Waals surface area (Å²) >= 11 is 9.38. The van der Waals surface area contributed by atoms with E-state index in [4.69, 9.17) is 20.8 Å². The van der Waals surface area contributed by atoms with Gasteiger partial charge in [0, 0.05) is 22.0 Å². The lowest BCUT2D eigenvalue weighted by molar-refractivity contribution is -0.386. The first-order valence-corrected chi connectivity index (χ1v) is 12.8. The van der Waals surface area contributed by atoms with E-state index in [1.54, 1.807) is 48.5 Å². The molecule has 0 saturated carbocycles. The van der Waals surface area contributed by atoms with Crippen molar-refractivity contribution >= 4 is 67.3 Å². The highest BCUT2D eigenvalue weighted by Crippen LogP contribution is 2.37. The van der Waals surface area contributed by atoms with Crippen LogP contribution in [-0.2, 0) is 9.53 Å². The van der Waals surface area contributed by atoms with E-state index in [0.29, 0.717) is 26.9 Å². The molecule has 0 aliphatic heterocycles. The average molecular weight is 626 g/mol. The van der Waals surface area contributed by atoms with E-state index in [9.17, 15) is 19.7 Å². The molecule has 5 rings (SSSR count). The van der Waals surface area contributed by atoms with Crippen LogP contribution in [0.25, 0.3) is 33.5 Å². The molecule has 0 N–H and O–H groups in total. The molecule has 0 fully saturated rings. The van der Waals surface area contributed by atoms with Gasteiger partial charge in [-0.1, -0.05) is 23.7 Å². The Morgan fingerprint density at radius 1 is 1.23 bits per heavy atom. The molecule has 3 aromatic carbocycles. The first kappa shape index (κ1) is 27.0. The fraction of sp³-hybridized carbons (Fsp3) is 0.111. The van der Waals surface area contributed by atoms with Gasteiger partial charge in [0.1, 0.15) is 5.58 Å². The summed E-state index contributed by atoms with van der Waals surface area (Å²) in [5, 5.41) is 17.7. The Kier molecular flexibility index (Phi) is 7.37. The molecule has 5 aromatic rings. The molecule has 13 heteroatoms. The van der Waals surface area contributed by atoms with Gasteiger partial charge >= 0.3 is 11.7 Å². The summed E-state index contributed by atoms with van der Waals surface area (Å²) in [6.07, 6.45) is 0.176. The maximum Gasteiger partial charge on any atom is 0.346 e. The van der Waals surface area contributed by atoms with Crippen molar-refractivity contribution in [3.05, 3.63) is 96.2 Å². The number of rotatable bonds is 7. The summed E-state index contributed by atoms with van der Waals surface area (Å²) in [7, 11) is 1.18. The number of carbonyl (C=O) groups excluding carboxylic acids is 1. The van der Waals surface area contributed by atoms with Crippen molar-refractivity contribution in [2.45, 2.75) is 13.0 Å². The number of halogens is 2. The largest absolute Gasteiger partial charge is 0.471 e. The Bertz CT molecular complexity index is 1900. The summed E-state index contributed by atoms with van der Waals surface area (Å²) in [6, 6.07) is 16.3. The standard InChI is InChI=1S/C27H18BrClN4O7/c1-14(27(35)38-2)39-24-19(28)9-15(10-21(24)33(36)37)13-30-32-25(31-20-6-4-3-5-18(20)26(32)34)23-12-16-11-17(29)7-8-22(16)40-23/h3-14H,1-2H3/t14-/m0/s1.